The summed E-state index contributed by atoms with van der Waals surface area (Å²) in [5, 5.41) is 10.6. The summed E-state index contributed by atoms with van der Waals surface area (Å²) in [6.07, 6.45) is 4.10. The van der Waals surface area contributed by atoms with Gasteiger partial charge in [0.25, 0.3) is 0 Å². The number of rotatable bonds is 1. The van der Waals surface area contributed by atoms with Crippen molar-refractivity contribution in [2.24, 2.45) is 0 Å². The van der Waals surface area contributed by atoms with Gasteiger partial charge < -0.3 is 9.84 Å². The molecular formula is C20H16O3. The minimum absolute atomic E-state index is 0.359. The third-order valence-corrected chi connectivity index (χ3v) is 3.57. The number of carboxylic acid groups (broad SMARTS) is 1. The van der Waals surface area contributed by atoms with Crippen LogP contribution in [0.2, 0.25) is 0 Å². The van der Waals surface area contributed by atoms with E-state index >= 15 is 0 Å². The first-order valence-corrected chi connectivity index (χ1v) is 7.35. The predicted molar refractivity (Wildman–Crippen MR) is 91.9 cm³/mol. The molecule has 23 heavy (non-hydrogen) atoms. The van der Waals surface area contributed by atoms with Crippen molar-refractivity contribution in [1.29, 1.82) is 0 Å². The highest BCUT2D eigenvalue weighted by atomic mass is 16.5. The smallest absolute Gasteiger partial charge is 0.336 e. The molecule has 0 aliphatic carbocycles. The van der Waals surface area contributed by atoms with E-state index in [1.807, 2.05) is 60.7 Å². The van der Waals surface area contributed by atoms with Gasteiger partial charge in [-0.05, 0) is 29.0 Å². The van der Waals surface area contributed by atoms with E-state index in [1.54, 1.807) is 12.1 Å². The van der Waals surface area contributed by atoms with Gasteiger partial charge in [0.15, 0.2) is 0 Å². The van der Waals surface area contributed by atoms with Gasteiger partial charge in [-0.3, -0.25) is 0 Å². The Bertz CT molecular complexity index is 860. The molecule has 0 atom stereocenters. The summed E-state index contributed by atoms with van der Waals surface area (Å²) in [5.41, 5.74) is 1.53. The number of fused-ring (bicyclic) bond motifs is 2. The number of ether oxygens (including phenoxy) is 1. The summed E-state index contributed by atoms with van der Waals surface area (Å²) in [6, 6.07) is 20.8. The van der Waals surface area contributed by atoms with Crippen LogP contribution < -0.4 is 4.74 Å². The number of para-hydroxylation sites is 1. The van der Waals surface area contributed by atoms with Crippen LogP contribution in [-0.2, 0) is 0 Å². The van der Waals surface area contributed by atoms with Crippen molar-refractivity contribution in [3.05, 3.63) is 83.9 Å². The van der Waals surface area contributed by atoms with Crippen molar-refractivity contribution in [3.63, 3.8) is 0 Å². The van der Waals surface area contributed by atoms with Gasteiger partial charge in [-0.25, -0.2) is 4.79 Å². The van der Waals surface area contributed by atoms with Crippen LogP contribution in [0.4, 0.5) is 0 Å². The maximum Gasteiger partial charge on any atom is 0.336 e. The molecule has 0 amide bonds. The van der Waals surface area contributed by atoms with E-state index < -0.39 is 5.97 Å². The minimum atomic E-state index is -0.878. The van der Waals surface area contributed by atoms with Gasteiger partial charge in [0.2, 0.25) is 0 Å². The molecule has 0 bridgehead atoms. The molecule has 0 radical (unpaired) electrons. The van der Waals surface area contributed by atoms with Gasteiger partial charge in [0.1, 0.15) is 12.4 Å². The number of hydrogen-bond donors (Lipinski definition) is 1. The fourth-order valence-electron chi connectivity index (χ4n) is 2.47. The first-order valence-electron chi connectivity index (χ1n) is 7.35. The van der Waals surface area contributed by atoms with Crippen molar-refractivity contribution in [2.45, 2.75) is 0 Å². The van der Waals surface area contributed by atoms with E-state index in [0.29, 0.717) is 12.2 Å². The van der Waals surface area contributed by atoms with Crippen molar-refractivity contribution in [3.8, 4) is 5.75 Å². The summed E-state index contributed by atoms with van der Waals surface area (Å²) >= 11 is 0. The minimum Gasteiger partial charge on any atom is -0.489 e. The Morgan fingerprint density at radius 1 is 0.913 bits per heavy atom. The molecule has 3 heteroatoms. The Labute approximate surface area is 134 Å². The largest absolute Gasteiger partial charge is 0.489 e. The molecule has 4 rings (SSSR count). The highest BCUT2D eigenvalue weighted by Gasteiger charge is 2.05. The van der Waals surface area contributed by atoms with Crippen molar-refractivity contribution in [1.82, 2.24) is 0 Å². The second-order valence-electron chi connectivity index (χ2n) is 5.08. The molecule has 114 valence electrons. The number of carbonyl (C=O) groups is 1. The maximum absolute atomic E-state index is 10.8. The Balaban J connectivity index is 0.000000140. The number of benzene rings is 3. The van der Waals surface area contributed by atoms with Crippen LogP contribution in [0.1, 0.15) is 15.9 Å². The Kier molecular flexibility index (Phi) is 4.39. The monoisotopic (exact) mass is 304 g/mol. The second-order valence-corrected chi connectivity index (χ2v) is 5.08. The van der Waals surface area contributed by atoms with E-state index in [1.165, 1.54) is 5.56 Å². The zero-order chi connectivity index (χ0) is 16.1. The quantitative estimate of drug-likeness (QED) is 0.713. The van der Waals surface area contributed by atoms with E-state index in [4.69, 9.17) is 9.84 Å². The van der Waals surface area contributed by atoms with Crippen LogP contribution in [0, 0.1) is 0 Å². The van der Waals surface area contributed by atoms with Crippen LogP contribution in [0.3, 0.4) is 0 Å². The van der Waals surface area contributed by atoms with Gasteiger partial charge in [0.05, 0.1) is 5.56 Å². The molecule has 1 heterocycles. The standard InChI is InChI=1S/C11H8O2.C9H8O/c12-11(13)10-7-3-5-8-4-1-2-6-9(8)10;1-2-6-9-8(4-1)5-3-7-10-9/h1-7H,(H,12,13);1-6H,7H2. The van der Waals surface area contributed by atoms with E-state index in [9.17, 15) is 4.79 Å². The molecule has 0 fully saturated rings. The summed E-state index contributed by atoms with van der Waals surface area (Å²) in [7, 11) is 0. The maximum atomic E-state index is 10.8. The van der Waals surface area contributed by atoms with Crippen molar-refractivity contribution >= 4 is 22.8 Å². The predicted octanol–water partition coefficient (Wildman–Crippen LogP) is 4.63. The zero-order valence-corrected chi connectivity index (χ0v) is 12.5. The van der Waals surface area contributed by atoms with Gasteiger partial charge in [-0.1, -0.05) is 60.7 Å². The van der Waals surface area contributed by atoms with Gasteiger partial charge in [-0.2, -0.15) is 0 Å². The molecule has 0 aromatic heterocycles. The fraction of sp³-hybridized carbons (Fsp3) is 0.0500. The Morgan fingerprint density at radius 2 is 1.65 bits per heavy atom. The number of carboxylic acids is 1. The van der Waals surface area contributed by atoms with Crippen molar-refractivity contribution < 1.29 is 14.6 Å². The number of hydrogen-bond acceptors (Lipinski definition) is 2. The molecule has 3 aromatic rings. The SMILES string of the molecule is C1=Cc2ccccc2OC1.O=C(O)c1cccc2ccccc12. The van der Waals surface area contributed by atoms with Crippen molar-refractivity contribution in [2.75, 3.05) is 6.61 Å². The number of aromatic carboxylic acids is 1. The molecule has 1 N–H and O–H groups in total. The molecule has 3 nitrogen and oxygen atoms in total. The lowest BCUT2D eigenvalue weighted by Crippen LogP contribution is -1.98. The lowest BCUT2D eigenvalue weighted by Gasteiger charge is -2.10. The molecule has 3 aromatic carbocycles. The van der Waals surface area contributed by atoms with Crippen LogP contribution in [0.15, 0.2) is 72.8 Å². The summed E-state index contributed by atoms with van der Waals surface area (Å²) in [5.74, 6) is 0.113. The Hall–Kier alpha value is -3.07. The van der Waals surface area contributed by atoms with Gasteiger partial charge in [-0.15, -0.1) is 0 Å². The average molecular weight is 304 g/mol. The van der Waals surface area contributed by atoms with Gasteiger partial charge in [0, 0.05) is 5.56 Å². The normalized spacial score (nSPS) is 11.8. The van der Waals surface area contributed by atoms with E-state index in [-0.39, 0.29) is 0 Å². The van der Waals surface area contributed by atoms with Gasteiger partial charge >= 0.3 is 5.97 Å². The lowest BCUT2D eigenvalue weighted by molar-refractivity contribution is 0.0699. The molecule has 0 saturated carbocycles. The third-order valence-electron chi connectivity index (χ3n) is 3.57. The topological polar surface area (TPSA) is 46.5 Å². The summed E-state index contributed by atoms with van der Waals surface area (Å²) in [6.45, 7) is 0.705. The Morgan fingerprint density at radius 3 is 2.48 bits per heavy atom. The summed E-state index contributed by atoms with van der Waals surface area (Å²) in [4.78, 5) is 10.8. The highest BCUT2D eigenvalue weighted by Crippen LogP contribution is 2.22. The first-order chi connectivity index (χ1) is 11.3. The lowest BCUT2D eigenvalue weighted by atomic mass is 10.1. The average Bonchev–Trinajstić information content (AvgIpc) is 2.62. The second kappa shape index (κ2) is 6.79. The molecule has 0 unspecified atom stereocenters. The van der Waals surface area contributed by atoms with Crippen LogP contribution >= 0.6 is 0 Å². The fourth-order valence-corrected chi connectivity index (χ4v) is 2.47. The van der Waals surface area contributed by atoms with Crippen LogP contribution in [0.5, 0.6) is 5.75 Å². The summed E-state index contributed by atoms with van der Waals surface area (Å²) < 4.78 is 5.34. The third kappa shape index (κ3) is 3.40. The molecule has 0 spiro atoms. The molecule has 1 aliphatic heterocycles. The first kappa shape index (κ1) is 14.9. The van der Waals surface area contributed by atoms with Crippen LogP contribution in [0.25, 0.3) is 16.8 Å². The van der Waals surface area contributed by atoms with E-state index in [2.05, 4.69) is 6.08 Å². The van der Waals surface area contributed by atoms with E-state index in [0.717, 1.165) is 16.5 Å². The molecule has 1 aliphatic rings. The van der Waals surface area contributed by atoms with Crippen LogP contribution in [-0.4, -0.2) is 17.7 Å². The zero-order valence-electron chi connectivity index (χ0n) is 12.5. The molecule has 0 saturated heterocycles. The highest BCUT2D eigenvalue weighted by molar-refractivity contribution is 6.03. The molecular weight excluding hydrogens is 288 g/mol.